The summed E-state index contributed by atoms with van der Waals surface area (Å²) in [4.78, 5) is 14.0. The molecule has 2 aromatic heterocycles. The summed E-state index contributed by atoms with van der Waals surface area (Å²) in [6, 6.07) is 8.28. The van der Waals surface area contributed by atoms with E-state index in [4.69, 9.17) is 20.4 Å². The Bertz CT molecular complexity index is 1170. The van der Waals surface area contributed by atoms with Gasteiger partial charge >= 0.3 is 0 Å². The van der Waals surface area contributed by atoms with Gasteiger partial charge in [0.05, 0.1) is 11.9 Å². The number of aliphatic imine (C=N–C) groups is 1. The SMILES string of the molecule is CC(C)c1cnn2c(NCc3cccc(N=C(N)/C=C/CI)c3)nc(NC3CCOCC3)nc12. The number of halogens is 1. The molecule has 1 aliphatic rings. The first-order valence-electron chi connectivity index (χ1n) is 11.5. The minimum Gasteiger partial charge on any atom is -0.384 e. The molecular formula is C24H31IN8O. The van der Waals surface area contributed by atoms with Crippen molar-refractivity contribution < 1.29 is 4.74 Å². The number of alkyl halides is 1. The second-order valence-electron chi connectivity index (χ2n) is 8.51. The average Bonchev–Trinajstić information content (AvgIpc) is 3.26. The molecule has 10 heteroatoms. The largest absolute Gasteiger partial charge is 0.384 e. The summed E-state index contributed by atoms with van der Waals surface area (Å²) in [5.41, 5.74) is 9.77. The molecule has 1 aromatic carbocycles. The van der Waals surface area contributed by atoms with E-state index in [1.165, 1.54) is 0 Å². The minimum absolute atomic E-state index is 0.302. The van der Waals surface area contributed by atoms with Gasteiger partial charge in [0, 0.05) is 35.8 Å². The summed E-state index contributed by atoms with van der Waals surface area (Å²) in [6.45, 7) is 6.36. The quantitative estimate of drug-likeness (QED) is 0.150. The highest BCUT2D eigenvalue weighted by atomic mass is 127. The monoisotopic (exact) mass is 574 g/mol. The highest BCUT2D eigenvalue weighted by Gasteiger charge is 2.19. The van der Waals surface area contributed by atoms with E-state index in [2.05, 4.69) is 57.2 Å². The van der Waals surface area contributed by atoms with Crippen LogP contribution in [-0.4, -0.2) is 49.1 Å². The highest BCUT2D eigenvalue weighted by Crippen LogP contribution is 2.23. The van der Waals surface area contributed by atoms with Crippen LogP contribution in [0, 0.1) is 0 Å². The Morgan fingerprint density at radius 2 is 2.15 bits per heavy atom. The van der Waals surface area contributed by atoms with Crippen LogP contribution in [0.3, 0.4) is 0 Å². The van der Waals surface area contributed by atoms with Crippen LogP contribution in [0.5, 0.6) is 0 Å². The van der Waals surface area contributed by atoms with Gasteiger partial charge in [0.2, 0.25) is 11.9 Å². The van der Waals surface area contributed by atoms with Crippen LogP contribution in [0.25, 0.3) is 5.65 Å². The lowest BCUT2D eigenvalue weighted by molar-refractivity contribution is 0.0903. The number of nitrogens with zero attached hydrogens (tertiary/aromatic N) is 5. The lowest BCUT2D eigenvalue weighted by Gasteiger charge is -2.23. The summed E-state index contributed by atoms with van der Waals surface area (Å²) in [5, 5.41) is 11.5. The van der Waals surface area contributed by atoms with Crippen molar-refractivity contribution in [1.82, 2.24) is 19.6 Å². The van der Waals surface area contributed by atoms with Gasteiger partial charge in [-0.3, -0.25) is 0 Å². The van der Waals surface area contributed by atoms with E-state index in [1.54, 1.807) is 4.52 Å². The van der Waals surface area contributed by atoms with Gasteiger partial charge in [0.1, 0.15) is 5.84 Å². The Hall–Kier alpha value is -2.73. The van der Waals surface area contributed by atoms with Crippen molar-refractivity contribution in [3.05, 3.63) is 53.7 Å². The summed E-state index contributed by atoms with van der Waals surface area (Å²) in [7, 11) is 0. The summed E-state index contributed by atoms with van der Waals surface area (Å²) >= 11 is 2.27. The van der Waals surface area contributed by atoms with E-state index >= 15 is 0 Å². The maximum Gasteiger partial charge on any atom is 0.229 e. The van der Waals surface area contributed by atoms with Crippen LogP contribution in [0.1, 0.15) is 43.7 Å². The first-order chi connectivity index (χ1) is 16.5. The molecule has 180 valence electrons. The second kappa shape index (κ2) is 11.6. The van der Waals surface area contributed by atoms with Crippen LogP contribution in [0.4, 0.5) is 17.6 Å². The van der Waals surface area contributed by atoms with Crippen LogP contribution in [-0.2, 0) is 11.3 Å². The molecule has 1 saturated heterocycles. The zero-order chi connectivity index (χ0) is 23.9. The number of amidine groups is 1. The number of benzene rings is 1. The van der Waals surface area contributed by atoms with Crippen molar-refractivity contribution >= 4 is 51.7 Å². The third-order valence-corrected chi connectivity index (χ3v) is 6.08. The molecule has 4 N–H and O–H groups in total. The summed E-state index contributed by atoms with van der Waals surface area (Å²) in [6.07, 6.45) is 7.56. The fourth-order valence-electron chi connectivity index (χ4n) is 3.77. The molecule has 3 aromatic rings. The molecule has 1 fully saturated rings. The van der Waals surface area contributed by atoms with E-state index in [0.717, 1.165) is 52.9 Å². The number of nitrogens with one attached hydrogen (secondary N) is 2. The van der Waals surface area contributed by atoms with Gasteiger partial charge in [-0.1, -0.05) is 54.6 Å². The Morgan fingerprint density at radius 1 is 1.32 bits per heavy atom. The van der Waals surface area contributed by atoms with Gasteiger partial charge < -0.3 is 21.1 Å². The van der Waals surface area contributed by atoms with Crippen molar-refractivity contribution in [1.29, 1.82) is 0 Å². The van der Waals surface area contributed by atoms with E-state index in [1.807, 2.05) is 42.6 Å². The number of allylic oxidation sites excluding steroid dienone is 1. The van der Waals surface area contributed by atoms with Gasteiger partial charge in [-0.15, -0.1) is 0 Å². The van der Waals surface area contributed by atoms with Crippen LogP contribution < -0.4 is 16.4 Å². The number of anilines is 2. The number of ether oxygens (including phenoxy) is 1. The van der Waals surface area contributed by atoms with Crippen molar-refractivity contribution in [2.75, 3.05) is 28.3 Å². The maximum atomic E-state index is 5.99. The molecular weight excluding hydrogens is 543 g/mol. The van der Waals surface area contributed by atoms with E-state index in [9.17, 15) is 0 Å². The van der Waals surface area contributed by atoms with Crippen LogP contribution >= 0.6 is 22.6 Å². The third-order valence-electron chi connectivity index (χ3n) is 5.57. The number of aromatic nitrogens is 4. The lowest BCUT2D eigenvalue weighted by atomic mass is 10.1. The number of nitrogens with two attached hydrogens (primary N) is 1. The molecule has 34 heavy (non-hydrogen) atoms. The molecule has 0 atom stereocenters. The predicted molar refractivity (Wildman–Crippen MR) is 145 cm³/mol. The summed E-state index contributed by atoms with van der Waals surface area (Å²) < 4.78 is 8.15. The van der Waals surface area contributed by atoms with Crippen molar-refractivity contribution in [2.45, 2.75) is 45.2 Å². The third kappa shape index (κ3) is 6.23. The van der Waals surface area contributed by atoms with E-state index in [-0.39, 0.29) is 0 Å². The molecule has 0 amide bonds. The smallest absolute Gasteiger partial charge is 0.229 e. The molecule has 0 radical (unpaired) electrons. The molecule has 0 bridgehead atoms. The molecule has 0 unspecified atom stereocenters. The molecule has 3 heterocycles. The standard InChI is InChI=1S/C24H31IN8O/c1-16(2)20-15-28-33-22(20)31-23(30-18-8-11-34-12-9-18)32-24(33)27-14-17-5-3-6-19(13-17)29-21(26)7-4-10-25/h3-7,13,15-16,18H,8-12,14H2,1-2H3,(H2,26,29)(H2,27,30,31,32)/b7-4+. The fraction of sp³-hybridized carbons (Fsp3) is 0.417. The first kappa shape index (κ1) is 24.4. The van der Waals surface area contributed by atoms with Gasteiger partial charge in [-0.05, 0) is 42.5 Å². The zero-order valence-corrected chi connectivity index (χ0v) is 21.7. The zero-order valence-electron chi connectivity index (χ0n) is 19.5. The van der Waals surface area contributed by atoms with Crippen molar-refractivity contribution in [3.8, 4) is 0 Å². The van der Waals surface area contributed by atoms with Crippen LogP contribution in [0.15, 0.2) is 47.6 Å². The molecule has 0 spiro atoms. The molecule has 4 rings (SSSR count). The Labute approximate surface area is 213 Å². The normalized spacial score (nSPS) is 15.5. The molecule has 0 aliphatic carbocycles. The Kier molecular flexibility index (Phi) is 8.33. The number of fused-ring (bicyclic) bond motifs is 1. The molecule has 9 nitrogen and oxygen atoms in total. The van der Waals surface area contributed by atoms with Gasteiger partial charge in [-0.2, -0.15) is 19.6 Å². The van der Waals surface area contributed by atoms with E-state index in [0.29, 0.717) is 36.2 Å². The topological polar surface area (TPSA) is 115 Å². The van der Waals surface area contributed by atoms with Gasteiger partial charge in [0.25, 0.3) is 0 Å². The second-order valence-corrected chi connectivity index (χ2v) is 9.39. The maximum absolute atomic E-state index is 5.99. The highest BCUT2D eigenvalue weighted by molar-refractivity contribution is 14.1. The van der Waals surface area contributed by atoms with Gasteiger partial charge in [0.15, 0.2) is 5.65 Å². The Morgan fingerprint density at radius 3 is 2.91 bits per heavy atom. The number of hydrogen-bond donors (Lipinski definition) is 3. The molecule has 1 aliphatic heterocycles. The fourth-order valence-corrected chi connectivity index (χ4v) is 4.03. The van der Waals surface area contributed by atoms with Crippen molar-refractivity contribution in [2.24, 2.45) is 10.7 Å². The average molecular weight is 574 g/mol. The predicted octanol–water partition coefficient (Wildman–Crippen LogP) is 4.43. The van der Waals surface area contributed by atoms with Crippen LogP contribution in [0.2, 0.25) is 0 Å². The summed E-state index contributed by atoms with van der Waals surface area (Å²) in [5.74, 6) is 2.04. The minimum atomic E-state index is 0.302. The number of rotatable bonds is 9. The lowest BCUT2D eigenvalue weighted by Crippen LogP contribution is -2.29. The van der Waals surface area contributed by atoms with Crippen molar-refractivity contribution in [3.63, 3.8) is 0 Å². The van der Waals surface area contributed by atoms with E-state index < -0.39 is 0 Å². The Balaban J connectivity index is 1.57. The molecule has 0 saturated carbocycles. The van der Waals surface area contributed by atoms with Gasteiger partial charge in [-0.25, -0.2) is 4.99 Å². The number of hydrogen-bond acceptors (Lipinski definition) is 7. The first-order valence-corrected chi connectivity index (χ1v) is 13.1.